The smallest absolute Gasteiger partial charge is 0.388 e. The lowest BCUT2D eigenvalue weighted by Gasteiger charge is -2.14. The van der Waals surface area contributed by atoms with Crippen LogP contribution in [0, 0.1) is 6.92 Å². The van der Waals surface area contributed by atoms with E-state index in [0.717, 1.165) is 11.1 Å². The Morgan fingerprint density at radius 1 is 1.40 bits per heavy atom. The van der Waals surface area contributed by atoms with E-state index in [9.17, 15) is 18.3 Å². The molecular formula is C13H11BrF3NOS. The number of aromatic nitrogens is 1. The van der Waals surface area contributed by atoms with Crippen LogP contribution in [-0.4, -0.2) is 10.1 Å². The largest absolute Gasteiger partial charge is 0.417 e. The van der Waals surface area contributed by atoms with Gasteiger partial charge in [-0.3, -0.25) is 0 Å². The SMILES string of the molecule is Cc1nc(CC(O)c2ccc(Br)c(C(F)(F)F)c2)cs1. The van der Waals surface area contributed by atoms with Gasteiger partial charge in [-0.1, -0.05) is 22.0 Å². The molecule has 1 atom stereocenters. The van der Waals surface area contributed by atoms with Crippen LogP contribution in [0.4, 0.5) is 13.2 Å². The van der Waals surface area contributed by atoms with E-state index >= 15 is 0 Å². The monoisotopic (exact) mass is 365 g/mol. The minimum Gasteiger partial charge on any atom is -0.388 e. The maximum atomic E-state index is 12.8. The van der Waals surface area contributed by atoms with E-state index in [1.165, 1.54) is 23.5 Å². The van der Waals surface area contributed by atoms with Gasteiger partial charge in [-0.25, -0.2) is 4.98 Å². The van der Waals surface area contributed by atoms with Crippen molar-refractivity contribution in [2.45, 2.75) is 25.6 Å². The number of hydrogen-bond acceptors (Lipinski definition) is 3. The fraction of sp³-hybridized carbons (Fsp3) is 0.308. The van der Waals surface area contributed by atoms with Crippen LogP contribution in [0.15, 0.2) is 28.1 Å². The molecular weight excluding hydrogens is 355 g/mol. The van der Waals surface area contributed by atoms with Crippen molar-refractivity contribution in [3.63, 3.8) is 0 Å². The molecule has 1 N–H and O–H groups in total. The number of aliphatic hydroxyl groups excluding tert-OH is 1. The molecule has 0 amide bonds. The van der Waals surface area contributed by atoms with E-state index < -0.39 is 17.8 Å². The van der Waals surface area contributed by atoms with Gasteiger partial charge in [0, 0.05) is 16.3 Å². The molecule has 0 fully saturated rings. The summed E-state index contributed by atoms with van der Waals surface area (Å²) in [6, 6.07) is 3.74. The van der Waals surface area contributed by atoms with Crippen molar-refractivity contribution in [2.75, 3.05) is 0 Å². The minimum absolute atomic E-state index is 0.0366. The van der Waals surface area contributed by atoms with Gasteiger partial charge in [0.1, 0.15) is 0 Å². The van der Waals surface area contributed by atoms with Crippen LogP contribution in [0.5, 0.6) is 0 Å². The molecule has 0 saturated heterocycles. The van der Waals surface area contributed by atoms with Crippen molar-refractivity contribution >= 4 is 27.3 Å². The second-order valence-electron chi connectivity index (χ2n) is 4.31. The number of thiazole rings is 1. The van der Waals surface area contributed by atoms with Crippen molar-refractivity contribution in [2.24, 2.45) is 0 Å². The first kappa shape index (κ1) is 15.5. The summed E-state index contributed by atoms with van der Waals surface area (Å²) in [6.07, 6.45) is -5.26. The van der Waals surface area contributed by atoms with Gasteiger partial charge in [0.25, 0.3) is 0 Å². The summed E-state index contributed by atoms with van der Waals surface area (Å²) < 4.78 is 38.4. The standard InChI is InChI=1S/C13H11BrF3NOS/c1-7-18-9(6-20-7)5-12(19)8-2-3-11(14)10(4-8)13(15,16)17/h2-4,6,12,19H,5H2,1H3. The molecule has 108 valence electrons. The molecule has 7 heteroatoms. The maximum Gasteiger partial charge on any atom is 0.417 e. The van der Waals surface area contributed by atoms with Crippen molar-refractivity contribution < 1.29 is 18.3 Å². The molecule has 2 rings (SSSR count). The number of alkyl halides is 3. The van der Waals surface area contributed by atoms with Gasteiger partial charge in [-0.2, -0.15) is 13.2 Å². The summed E-state index contributed by atoms with van der Waals surface area (Å²) in [5.74, 6) is 0. The number of aliphatic hydroxyl groups is 1. The third-order valence-corrected chi connectivity index (χ3v) is 4.26. The zero-order valence-corrected chi connectivity index (χ0v) is 12.8. The number of aryl methyl sites for hydroxylation is 1. The molecule has 1 aromatic heterocycles. The second-order valence-corrected chi connectivity index (χ2v) is 6.23. The highest BCUT2D eigenvalue weighted by Gasteiger charge is 2.33. The van der Waals surface area contributed by atoms with Gasteiger partial charge in [0.15, 0.2) is 0 Å². The molecule has 2 nitrogen and oxygen atoms in total. The molecule has 0 bridgehead atoms. The Balaban J connectivity index is 2.24. The van der Waals surface area contributed by atoms with E-state index in [2.05, 4.69) is 20.9 Å². The fourth-order valence-electron chi connectivity index (χ4n) is 1.79. The molecule has 0 saturated carbocycles. The number of rotatable bonds is 3. The number of benzene rings is 1. The van der Waals surface area contributed by atoms with E-state index in [4.69, 9.17) is 0 Å². The van der Waals surface area contributed by atoms with E-state index in [1.807, 2.05) is 6.92 Å². The number of hydrogen-bond donors (Lipinski definition) is 1. The quantitative estimate of drug-likeness (QED) is 0.867. The molecule has 0 aliphatic heterocycles. The van der Waals surface area contributed by atoms with Crippen LogP contribution in [0.25, 0.3) is 0 Å². The second kappa shape index (κ2) is 5.83. The highest BCUT2D eigenvalue weighted by Crippen LogP contribution is 2.36. The first-order chi connectivity index (χ1) is 9.27. The van der Waals surface area contributed by atoms with Gasteiger partial charge < -0.3 is 5.11 Å². The minimum atomic E-state index is -4.45. The highest BCUT2D eigenvalue weighted by molar-refractivity contribution is 9.10. The lowest BCUT2D eigenvalue weighted by atomic mass is 10.0. The maximum absolute atomic E-state index is 12.8. The van der Waals surface area contributed by atoms with Gasteiger partial charge >= 0.3 is 6.18 Å². The third kappa shape index (κ3) is 3.59. The zero-order valence-electron chi connectivity index (χ0n) is 10.4. The van der Waals surface area contributed by atoms with Crippen LogP contribution in [-0.2, 0) is 12.6 Å². The van der Waals surface area contributed by atoms with Gasteiger partial charge in [-0.15, -0.1) is 11.3 Å². The molecule has 0 aliphatic carbocycles. The van der Waals surface area contributed by atoms with Crippen molar-refractivity contribution in [1.29, 1.82) is 0 Å². The Kier molecular flexibility index (Phi) is 4.51. The summed E-state index contributed by atoms with van der Waals surface area (Å²) in [5, 5.41) is 12.7. The lowest BCUT2D eigenvalue weighted by molar-refractivity contribution is -0.138. The number of nitrogens with zero attached hydrogens (tertiary/aromatic N) is 1. The molecule has 0 aliphatic rings. The Labute approximate surface area is 126 Å². The molecule has 1 unspecified atom stereocenters. The predicted molar refractivity (Wildman–Crippen MR) is 74.7 cm³/mol. The van der Waals surface area contributed by atoms with Crippen molar-refractivity contribution in [3.05, 3.63) is 49.9 Å². The average molecular weight is 366 g/mol. The third-order valence-electron chi connectivity index (χ3n) is 2.75. The van der Waals surface area contributed by atoms with Crippen LogP contribution in [0.1, 0.15) is 27.9 Å². The molecule has 2 aromatic rings. The molecule has 0 radical (unpaired) electrons. The summed E-state index contributed by atoms with van der Waals surface area (Å²) >= 11 is 4.31. The molecule has 20 heavy (non-hydrogen) atoms. The van der Waals surface area contributed by atoms with Gasteiger partial charge in [0.05, 0.1) is 22.4 Å². The molecule has 1 aromatic carbocycles. The topological polar surface area (TPSA) is 33.1 Å². The van der Waals surface area contributed by atoms with E-state index in [-0.39, 0.29) is 16.5 Å². The highest BCUT2D eigenvalue weighted by atomic mass is 79.9. The summed E-state index contributed by atoms with van der Waals surface area (Å²) in [7, 11) is 0. The normalized spacial score (nSPS) is 13.5. The van der Waals surface area contributed by atoms with Crippen LogP contribution < -0.4 is 0 Å². The van der Waals surface area contributed by atoms with E-state index in [0.29, 0.717) is 5.69 Å². The molecule has 0 spiro atoms. The Morgan fingerprint density at radius 3 is 2.65 bits per heavy atom. The zero-order chi connectivity index (χ0) is 14.9. The number of halogens is 4. The molecule has 1 heterocycles. The van der Waals surface area contributed by atoms with Crippen LogP contribution in [0.3, 0.4) is 0 Å². The van der Waals surface area contributed by atoms with Gasteiger partial charge in [0.2, 0.25) is 0 Å². The Hall–Kier alpha value is -0.920. The first-order valence-corrected chi connectivity index (χ1v) is 7.40. The first-order valence-electron chi connectivity index (χ1n) is 5.73. The van der Waals surface area contributed by atoms with Gasteiger partial charge in [-0.05, 0) is 24.6 Å². The van der Waals surface area contributed by atoms with Crippen molar-refractivity contribution in [1.82, 2.24) is 4.98 Å². The lowest BCUT2D eigenvalue weighted by Crippen LogP contribution is -2.09. The summed E-state index contributed by atoms with van der Waals surface area (Å²) in [5.41, 5.74) is 0.117. The van der Waals surface area contributed by atoms with Crippen LogP contribution in [0.2, 0.25) is 0 Å². The average Bonchev–Trinajstić information content (AvgIpc) is 2.73. The van der Waals surface area contributed by atoms with Crippen LogP contribution >= 0.6 is 27.3 Å². The predicted octanol–water partition coefficient (Wildman–Crippen LogP) is 4.51. The van der Waals surface area contributed by atoms with E-state index in [1.54, 1.807) is 5.38 Å². The fourth-order valence-corrected chi connectivity index (χ4v) is 2.88. The summed E-state index contributed by atoms with van der Waals surface area (Å²) in [6.45, 7) is 1.84. The Bertz CT molecular complexity index is 612. The van der Waals surface area contributed by atoms with Crippen molar-refractivity contribution in [3.8, 4) is 0 Å². The Morgan fingerprint density at radius 2 is 2.10 bits per heavy atom. The summed E-state index contributed by atoms with van der Waals surface area (Å²) in [4.78, 5) is 4.19.